The molecule has 1 aromatic carbocycles. The van der Waals surface area contributed by atoms with Crippen LogP contribution in [0.3, 0.4) is 0 Å². The lowest BCUT2D eigenvalue weighted by Gasteiger charge is -2.02. The molecule has 3 heterocycles. The van der Waals surface area contributed by atoms with E-state index in [0.717, 1.165) is 24.5 Å². The summed E-state index contributed by atoms with van der Waals surface area (Å²) in [5.74, 6) is 1.13. The number of rotatable bonds is 6. The molecule has 0 aliphatic heterocycles. The van der Waals surface area contributed by atoms with Crippen LogP contribution in [0.5, 0.6) is 0 Å². The Balaban J connectivity index is 1.42. The van der Waals surface area contributed by atoms with Gasteiger partial charge in [-0.2, -0.15) is 0 Å². The lowest BCUT2D eigenvalue weighted by atomic mass is 10.3. The molecule has 1 atom stereocenters. The van der Waals surface area contributed by atoms with Gasteiger partial charge in [0.25, 0.3) is 5.89 Å². The van der Waals surface area contributed by atoms with E-state index in [1.54, 1.807) is 23.1 Å². The summed E-state index contributed by atoms with van der Waals surface area (Å²) in [6.45, 7) is 2.01. The number of nitrogens with one attached hydrogen (secondary N) is 1. The molecule has 0 radical (unpaired) electrons. The van der Waals surface area contributed by atoms with Crippen molar-refractivity contribution in [2.24, 2.45) is 0 Å². The molecule has 26 heavy (non-hydrogen) atoms. The summed E-state index contributed by atoms with van der Waals surface area (Å²) in [6, 6.07) is 11.8. The molecule has 0 saturated heterocycles. The Hall–Kier alpha value is -1.75. The molecular weight excluding hydrogens is 454 g/mol. The molecule has 0 fully saturated rings. The quantitative estimate of drug-likeness (QED) is 0.349. The molecule has 0 saturated carbocycles. The van der Waals surface area contributed by atoms with Crippen LogP contribution in [-0.4, -0.2) is 20.4 Å². The minimum absolute atomic E-state index is 0.0112. The smallest absolute Gasteiger partial charge is 0.257 e. The first-order valence-corrected chi connectivity index (χ1v) is 10.9. The van der Waals surface area contributed by atoms with Crippen LogP contribution < -0.4 is 5.32 Å². The van der Waals surface area contributed by atoms with Crippen LogP contribution in [0.25, 0.3) is 10.8 Å². The number of hydrogen-bond donors (Lipinski definition) is 1. The van der Waals surface area contributed by atoms with E-state index in [1.165, 1.54) is 11.3 Å². The molecule has 0 bridgehead atoms. The van der Waals surface area contributed by atoms with Gasteiger partial charge in [-0.25, -0.2) is 0 Å². The number of thioether (sulfide) groups is 1. The van der Waals surface area contributed by atoms with Crippen LogP contribution in [0.1, 0.15) is 18.1 Å². The largest absolute Gasteiger partial charge is 0.419 e. The predicted molar refractivity (Wildman–Crippen MR) is 109 cm³/mol. The summed E-state index contributed by atoms with van der Waals surface area (Å²) in [7, 11) is 0. The highest BCUT2D eigenvalue weighted by Crippen LogP contribution is 2.38. The summed E-state index contributed by atoms with van der Waals surface area (Å²) < 4.78 is 7.63. The summed E-state index contributed by atoms with van der Waals surface area (Å²) in [5, 5.41) is 22.7. The molecule has 0 aliphatic carbocycles. The van der Waals surface area contributed by atoms with Crippen molar-refractivity contribution >= 4 is 61.2 Å². The number of thiophene rings is 1. The third kappa shape index (κ3) is 4.14. The van der Waals surface area contributed by atoms with Gasteiger partial charge >= 0.3 is 0 Å². The molecule has 1 unspecified atom stereocenters. The maximum Gasteiger partial charge on any atom is 0.257 e. The Morgan fingerprint density at radius 2 is 2.08 bits per heavy atom. The van der Waals surface area contributed by atoms with Crippen LogP contribution in [-0.2, 0) is 0 Å². The molecule has 10 heteroatoms. The fraction of sp³-hybridized carbons (Fsp3) is 0.125. The van der Waals surface area contributed by atoms with Crippen molar-refractivity contribution in [3.63, 3.8) is 0 Å². The Morgan fingerprint density at radius 1 is 1.15 bits per heavy atom. The molecular formula is C16H12BrN5OS3. The summed E-state index contributed by atoms with van der Waals surface area (Å²) in [6.07, 6.45) is 0. The second-order valence-corrected chi connectivity index (χ2v) is 9.62. The number of aromatic nitrogens is 4. The third-order valence-corrected chi connectivity index (χ3v) is 6.64. The highest BCUT2D eigenvalue weighted by atomic mass is 79.9. The van der Waals surface area contributed by atoms with Crippen molar-refractivity contribution in [1.29, 1.82) is 0 Å². The minimum Gasteiger partial charge on any atom is -0.419 e. The van der Waals surface area contributed by atoms with Gasteiger partial charge < -0.3 is 9.73 Å². The lowest BCUT2D eigenvalue weighted by molar-refractivity contribution is 0.510. The Morgan fingerprint density at radius 3 is 2.88 bits per heavy atom. The van der Waals surface area contributed by atoms with Gasteiger partial charge in [-0.15, -0.1) is 31.7 Å². The number of anilines is 2. The van der Waals surface area contributed by atoms with Crippen LogP contribution in [0.4, 0.5) is 10.8 Å². The molecule has 132 valence electrons. The van der Waals surface area contributed by atoms with E-state index in [-0.39, 0.29) is 5.25 Å². The Labute approximate surface area is 170 Å². The number of halogens is 1. The zero-order valence-corrected chi connectivity index (χ0v) is 17.5. The fourth-order valence-electron chi connectivity index (χ4n) is 2.10. The number of hydrogen-bond acceptors (Lipinski definition) is 9. The zero-order valence-electron chi connectivity index (χ0n) is 13.4. The molecule has 4 rings (SSSR count). The van der Waals surface area contributed by atoms with E-state index in [9.17, 15) is 0 Å². The summed E-state index contributed by atoms with van der Waals surface area (Å²) in [5.41, 5.74) is 0.956. The average molecular weight is 466 g/mol. The van der Waals surface area contributed by atoms with Gasteiger partial charge in [-0.3, -0.25) is 0 Å². The molecule has 0 amide bonds. The maximum atomic E-state index is 5.78. The first-order chi connectivity index (χ1) is 12.7. The van der Waals surface area contributed by atoms with E-state index in [2.05, 4.69) is 41.6 Å². The molecule has 4 aromatic rings. The van der Waals surface area contributed by atoms with Crippen molar-refractivity contribution in [3.8, 4) is 10.8 Å². The van der Waals surface area contributed by atoms with Crippen molar-refractivity contribution in [3.05, 3.63) is 52.1 Å². The van der Waals surface area contributed by atoms with Crippen molar-refractivity contribution in [2.45, 2.75) is 16.5 Å². The zero-order chi connectivity index (χ0) is 17.9. The minimum atomic E-state index is -0.0112. The van der Waals surface area contributed by atoms with Crippen LogP contribution in [0, 0.1) is 0 Å². The highest BCUT2D eigenvalue weighted by molar-refractivity contribution is 9.10. The normalized spacial score (nSPS) is 12.2. The number of benzene rings is 1. The van der Waals surface area contributed by atoms with Gasteiger partial charge in [0.05, 0.1) is 10.1 Å². The first kappa shape index (κ1) is 17.7. The molecule has 0 spiro atoms. The molecule has 6 nitrogen and oxygen atoms in total. The Kier molecular flexibility index (Phi) is 5.34. The van der Waals surface area contributed by atoms with Crippen LogP contribution in [0.2, 0.25) is 0 Å². The second-order valence-electron chi connectivity index (χ2n) is 5.19. The van der Waals surface area contributed by atoms with Gasteiger partial charge in [0.1, 0.15) is 0 Å². The van der Waals surface area contributed by atoms with Crippen molar-refractivity contribution in [1.82, 2.24) is 20.4 Å². The van der Waals surface area contributed by atoms with Crippen LogP contribution in [0.15, 0.2) is 55.0 Å². The maximum absolute atomic E-state index is 5.78. The van der Waals surface area contributed by atoms with Gasteiger partial charge in [0.2, 0.25) is 11.0 Å². The Bertz CT molecular complexity index is 1000. The van der Waals surface area contributed by atoms with Crippen molar-refractivity contribution in [2.75, 3.05) is 5.32 Å². The molecule has 3 aromatic heterocycles. The van der Waals surface area contributed by atoms with Crippen LogP contribution >= 0.6 is 50.4 Å². The monoisotopic (exact) mass is 465 g/mol. The second kappa shape index (κ2) is 7.87. The SMILES string of the molecule is CC(Sc1nnc(Nc2cccc(Br)c2)s1)c1nnc(-c2cccs2)o1. The van der Waals surface area contributed by atoms with Crippen molar-refractivity contribution < 1.29 is 4.42 Å². The van der Waals surface area contributed by atoms with Gasteiger partial charge in [-0.05, 0) is 36.6 Å². The fourth-order valence-corrected chi connectivity index (χ4v) is 5.09. The molecule has 1 N–H and O–H groups in total. The van der Waals surface area contributed by atoms with E-state index in [0.29, 0.717) is 11.8 Å². The van der Waals surface area contributed by atoms with Gasteiger partial charge in [-0.1, -0.05) is 51.2 Å². The lowest BCUT2D eigenvalue weighted by Crippen LogP contribution is -1.88. The summed E-state index contributed by atoms with van der Waals surface area (Å²) >= 11 is 8.06. The van der Waals surface area contributed by atoms with E-state index in [4.69, 9.17) is 4.42 Å². The molecule has 0 aliphatic rings. The topological polar surface area (TPSA) is 76.7 Å². The van der Waals surface area contributed by atoms with Gasteiger partial charge in [0.15, 0.2) is 4.34 Å². The van der Waals surface area contributed by atoms with E-state index >= 15 is 0 Å². The first-order valence-electron chi connectivity index (χ1n) is 7.57. The number of nitrogens with zero attached hydrogens (tertiary/aromatic N) is 4. The van der Waals surface area contributed by atoms with E-state index < -0.39 is 0 Å². The summed E-state index contributed by atoms with van der Waals surface area (Å²) in [4.78, 5) is 0.970. The average Bonchev–Trinajstić information content (AvgIpc) is 3.36. The standard InChI is InChI=1S/C16H12BrN5OS3/c1-9(13-19-20-14(23-13)12-6-3-7-24-12)25-16-22-21-15(26-16)18-11-5-2-4-10(17)8-11/h2-9H,1H3,(H,18,21). The van der Waals surface area contributed by atoms with E-state index in [1.807, 2.05) is 48.7 Å². The third-order valence-electron chi connectivity index (χ3n) is 3.28. The van der Waals surface area contributed by atoms with Gasteiger partial charge in [0, 0.05) is 10.2 Å². The highest BCUT2D eigenvalue weighted by Gasteiger charge is 2.19. The predicted octanol–water partition coefficient (Wildman–Crippen LogP) is 6.01.